The Kier molecular flexibility index (Phi) is 4.14. The zero-order valence-electron chi connectivity index (χ0n) is 9.11. The molecule has 0 amide bonds. The van der Waals surface area contributed by atoms with Gasteiger partial charge in [0.15, 0.2) is 0 Å². The maximum atomic E-state index is 5.67. The van der Waals surface area contributed by atoms with E-state index < -0.39 is 0 Å². The van der Waals surface area contributed by atoms with Crippen LogP contribution < -0.4 is 5.32 Å². The molecule has 1 aliphatic heterocycles. The second-order valence-corrected chi connectivity index (χ2v) is 4.70. The van der Waals surface area contributed by atoms with Gasteiger partial charge in [0.05, 0.1) is 12.7 Å². The molecule has 0 radical (unpaired) electrons. The smallest absolute Gasteiger partial charge is 0.0826 e. The first-order valence-corrected chi connectivity index (χ1v) is 6.32. The summed E-state index contributed by atoms with van der Waals surface area (Å²) in [5.41, 5.74) is 1.42. The lowest BCUT2D eigenvalue weighted by Crippen LogP contribution is -2.45. The molecule has 2 heterocycles. The summed E-state index contributed by atoms with van der Waals surface area (Å²) < 4.78 is 5.67. The van der Waals surface area contributed by atoms with Gasteiger partial charge in [0, 0.05) is 26.2 Å². The summed E-state index contributed by atoms with van der Waals surface area (Å²) in [5, 5.41) is 7.53. The Hall–Kier alpha value is -0.420. The van der Waals surface area contributed by atoms with Gasteiger partial charge >= 0.3 is 0 Å². The van der Waals surface area contributed by atoms with Crippen LogP contribution in [0.15, 0.2) is 16.8 Å². The van der Waals surface area contributed by atoms with Crippen molar-refractivity contribution < 1.29 is 4.74 Å². The first kappa shape index (κ1) is 11.1. The SMILES string of the molecule is CNCC1CN(Cc2ccsc2)CCO1. The van der Waals surface area contributed by atoms with Crippen molar-refractivity contribution in [1.29, 1.82) is 0 Å². The van der Waals surface area contributed by atoms with Crippen molar-refractivity contribution in [3.05, 3.63) is 22.4 Å². The van der Waals surface area contributed by atoms with Crippen LogP contribution in [0, 0.1) is 0 Å². The number of hydrogen-bond acceptors (Lipinski definition) is 4. The van der Waals surface area contributed by atoms with E-state index in [1.165, 1.54) is 5.56 Å². The summed E-state index contributed by atoms with van der Waals surface area (Å²) >= 11 is 1.77. The van der Waals surface area contributed by atoms with E-state index in [1.807, 2.05) is 7.05 Å². The molecule has 2 rings (SSSR count). The molecule has 0 aromatic carbocycles. The minimum atomic E-state index is 0.349. The molecule has 1 fully saturated rings. The molecule has 1 atom stereocenters. The highest BCUT2D eigenvalue weighted by molar-refractivity contribution is 7.07. The number of thiophene rings is 1. The Bertz CT molecular complexity index is 274. The van der Waals surface area contributed by atoms with Gasteiger partial charge in [-0.05, 0) is 29.4 Å². The molecular weight excluding hydrogens is 208 g/mol. The highest BCUT2D eigenvalue weighted by Gasteiger charge is 2.19. The lowest BCUT2D eigenvalue weighted by atomic mass is 10.2. The van der Waals surface area contributed by atoms with Crippen LogP contribution in [-0.4, -0.2) is 44.3 Å². The number of rotatable bonds is 4. The first-order chi connectivity index (χ1) is 7.38. The normalized spacial score (nSPS) is 23.1. The van der Waals surface area contributed by atoms with E-state index in [9.17, 15) is 0 Å². The maximum absolute atomic E-state index is 5.67. The minimum absolute atomic E-state index is 0.349. The molecule has 15 heavy (non-hydrogen) atoms. The molecule has 84 valence electrons. The third kappa shape index (κ3) is 3.28. The van der Waals surface area contributed by atoms with E-state index in [0.29, 0.717) is 6.10 Å². The number of morpholine rings is 1. The third-order valence-electron chi connectivity index (χ3n) is 2.64. The molecule has 0 spiro atoms. The molecular formula is C11H18N2OS. The van der Waals surface area contributed by atoms with Gasteiger partial charge < -0.3 is 10.1 Å². The maximum Gasteiger partial charge on any atom is 0.0826 e. The van der Waals surface area contributed by atoms with E-state index in [4.69, 9.17) is 4.74 Å². The van der Waals surface area contributed by atoms with Gasteiger partial charge in [0.1, 0.15) is 0 Å². The number of nitrogens with one attached hydrogen (secondary N) is 1. The van der Waals surface area contributed by atoms with Crippen LogP contribution in [-0.2, 0) is 11.3 Å². The topological polar surface area (TPSA) is 24.5 Å². The van der Waals surface area contributed by atoms with Gasteiger partial charge in [-0.2, -0.15) is 11.3 Å². The van der Waals surface area contributed by atoms with Crippen molar-refractivity contribution in [1.82, 2.24) is 10.2 Å². The quantitative estimate of drug-likeness (QED) is 0.834. The number of nitrogens with zero attached hydrogens (tertiary/aromatic N) is 1. The fourth-order valence-corrected chi connectivity index (χ4v) is 2.58. The highest BCUT2D eigenvalue weighted by Crippen LogP contribution is 2.12. The van der Waals surface area contributed by atoms with Gasteiger partial charge in [0.2, 0.25) is 0 Å². The van der Waals surface area contributed by atoms with E-state index >= 15 is 0 Å². The van der Waals surface area contributed by atoms with Crippen LogP contribution in [0.3, 0.4) is 0 Å². The Morgan fingerprint density at radius 2 is 2.60 bits per heavy atom. The number of likely N-dealkylation sites (N-methyl/N-ethyl adjacent to an activating group) is 1. The zero-order chi connectivity index (χ0) is 10.5. The van der Waals surface area contributed by atoms with Gasteiger partial charge in [-0.1, -0.05) is 0 Å². The van der Waals surface area contributed by atoms with Crippen LogP contribution in [0.2, 0.25) is 0 Å². The predicted octanol–water partition coefficient (Wildman–Crippen LogP) is 1.17. The summed E-state index contributed by atoms with van der Waals surface area (Å²) in [6.07, 6.45) is 0.349. The molecule has 1 aliphatic rings. The van der Waals surface area contributed by atoms with Crippen molar-refractivity contribution in [3.63, 3.8) is 0 Å². The summed E-state index contributed by atoms with van der Waals surface area (Å²) in [6.45, 7) is 4.95. The molecule has 1 aromatic heterocycles. The summed E-state index contributed by atoms with van der Waals surface area (Å²) in [4.78, 5) is 2.47. The average molecular weight is 226 g/mol. The largest absolute Gasteiger partial charge is 0.374 e. The fourth-order valence-electron chi connectivity index (χ4n) is 1.92. The molecule has 1 unspecified atom stereocenters. The van der Waals surface area contributed by atoms with Crippen LogP contribution in [0.5, 0.6) is 0 Å². The second kappa shape index (κ2) is 5.61. The van der Waals surface area contributed by atoms with E-state index in [1.54, 1.807) is 11.3 Å². The lowest BCUT2D eigenvalue weighted by Gasteiger charge is -2.32. The molecule has 0 bridgehead atoms. The summed E-state index contributed by atoms with van der Waals surface area (Å²) in [6, 6.07) is 2.20. The predicted molar refractivity (Wildman–Crippen MR) is 63.3 cm³/mol. The molecule has 3 nitrogen and oxygen atoms in total. The number of ether oxygens (including phenoxy) is 1. The van der Waals surface area contributed by atoms with E-state index in [-0.39, 0.29) is 0 Å². The van der Waals surface area contributed by atoms with Gasteiger partial charge in [0.25, 0.3) is 0 Å². The summed E-state index contributed by atoms with van der Waals surface area (Å²) in [5.74, 6) is 0. The van der Waals surface area contributed by atoms with Crippen LogP contribution in [0.4, 0.5) is 0 Å². The fraction of sp³-hybridized carbons (Fsp3) is 0.636. The Balaban J connectivity index is 1.82. The van der Waals surface area contributed by atoms with Gasteiger partial charge in [-0.3, -0.25) is 4.90 Å². The average Bonchev–Trinajstić information content (AvgIpc) is 2.71. The van der Waals surface area contributed by atoms with E-state index in [2.05, 4.69) is 27.0 Å². The zero-order valence-corrected chi connectivity index (χ0v) is 9.93. The van der Waals surface area contributed by atoms with Crippen LogP contribution in [0.25, 0.3) is 0 Å². The van der Waals surface area contributed by atoms with Gasteiger partial charge in [-0.25, -0.2) is 0 Å². The van der Waals surface area contributed by atoms with Gasteiger partial charge in [-0.15, -0.1) is 0 Å². The van der Waals surface area contributed by atoms with Crippen molar-refractivity contribution >= 4 is 11.3 Å². The lowest BCUT2D eigenvalue weighted by molar-refractivity contribution is -0.0291. The molecule has 4 heteroatoms. The van der Waals surface area contributed by atoms with Crippen molar-refractivity contribution in [2.75, 3.05) is 33.3 Å². The van der Waals surface area contributed by atoms with Crippen LogP contribution >= 0.6 is 11.3 Å². The highest BCUT2D eigenvalue weighted by atomic mass is 32.1. The Morgan fingerprint density at radius 3 is 3.33 bits per heavy atom. The molecule has 0 saturated carbocycles. The first-order valence-electron chi connectivity index (χ1n) is 5.38. The molecule has 0 aliphatic carbocycles. The monoisotopic (exact) mass is 226 g/mol. The third-order valence-corrected chi connectivity index (χ3v) is 3.37. The molecule has 1 saturated heterocycles. The Labute approximate surface area is 95.0 Å². The summed E-state index contributed by atoms with van der Waals surface area (Å²) in [7, 11) is 1.97. The standard InChI is InChI=1S/C11H18N2OS/c1-12-6-11-8-13(3-4-14-11)7-10-2-5-15-9-10/h2,5,9,11-12H,3-4,6-8H2,1H3. The molecule has 1 N–H and O–H groups in total. The molecule has 1 aromatic rings. The van der Waals surface area contributed by atoms with Crippen molar-refractivity contribution in [2.45, 2.75) is 12.6 Å². The van der Waals surface area contributed by atoms with Crippen molar-refractivity contribution in [3.8, 4) is 0 Å². The Morgan fingerprint density at radius 1 is 1.67 bits per heavy atom. The van der Waals surface area contributed by atoms with Crippen molar-refractivity contribution in [2.24, 2.45) is 0 Å². The second-order valence-electron chi connectivity index (χ2n) is 3.92. The van der Waals surface area contributed by atoms with Crippen LogP contribution in [0.1, 0.15) is 5.56 Å². The number of hydrogen-bond donors (Lipinski definition) is 1. The van der Waals surface area contributed by atoms with E-state index in [0.717, 1.165) is 32.8 Å². The minimum Gasteiger partial charge on any atom is -0.374 e.